The van der Waals surface area contributed by atoms with Crippen molar-refractivity contribution in [2.45, 2.75) is 37.8 Å². The molecule has 0 aromatic heterocycles. The third-order valence-electron chi connectivity index (χ3n) is 4.91. The van der Waals surface area contributed by atoms with E-state index < -0.39 is 0 Å². The van der Waals surface area contributed by atoms with Crippen molar-refractivity contribution in [2.75, 3.05) is 13.6 Å². The first-order valence-corrected chi connectivity index (χ1v) is 7.17. The molecule has 0 radical (unpaired) electrons. The van der Waals surface area contributed by atoms with Gasteiger partial charge < -0.3 is 10.0 Å². The summed E-state index contributed by atoms with van der Waals surface area (Å²) < 4.78 is 0. The van der Waals surface area contributed by atoms with Gasteiger partial charge in [-0.1, -0.05) is 36.8 Å². The van der Waals surface area contributed by atoms with Crippen LogP contribution in [0.3, 0.4) is 0 Å². The standard InChI is InChI=1S/C16H23NO/c1-17(15-10-12-7-8-14(15)9-12)11-16(18)13-5-3-2-4-6-13/h2-6,12,14-16,18H,7-11H2,1H3/t12-,14-,15+,16-/m0/s1. The second-order valence-corrected chi connectivity index (χ2v) is 6.11. The van der Waals surface area contributed by atoms with Crippen LogP contribution in [-0.4, -0.2) is 29.6 Å². The minimum Gasteiger partial charge on any atom is -0.387 e. The molecule has 1 aromatic carbocycles. The van der Waals surface area contributed by atoms with Gasteiger partial charge in [0.2, 0.25) is 0 Å². The molecule has 0 heterocycles. The topological polar surface area (TPSA) is 23.5 Å². The Morgan fingerprint density at radius 2 is 2.00 bits per heavy atom. The molecular weight excluding hydrogens is 222 g/mol. The molecule has 1 aromatic rings. The molecule has 18 heavy (non-hydrogen) atoms. The summed E-state index contributed by atoms with van der Waals surface area (Å²) in [4.78, 5) is 2.39. The molecule has 2 saturated carbocycles. The zero-order valence-corrected chi connectivity index (χ0v) is 11.1. The summed E-state index contributed by atoms with van der Waals surface area (Å²) in [7, 11) is 2.18. The van der Waals surface area contributed by atoms with Crippen molar-refractivity contribution in [3.8, 4) is 0 Å². The minimum atomic E-state index is -0.352. The number of benzene rings is 1. The van der Waals surface area contributed by atoms with E-state index in [0.717, 1.165) is 23.9 Å². The summed E-state index contributed by atoms with van der Waals surface area (Å²) in [6.45, 7) is 0.762. The molecule has 2 nitrogen and oxygen atoms in total. The second kappa shape index (κ2) is 5.02. The fourth-order valence-corrected chi connectivity index (χ4v) is 3.94. The summed E-state index contributed by atoms with van der Waals surface area (Å²) in [5, 5.41) is 10.3. The van der Waals surface area contributed by atoms with E-state index in [2.05, 4.69) is 11.9 Å². The van der Waals surface area contributed by atoms with E-state index in [9.17, 15) is 5.11 Å². The Morgan fingerprint density at radius 3 is 2.61 bits per heavy atom. The van der Waals surface area contributed by atoms with Crippen molar-refractivity contribution in [1.82, 2.24) is 4.90 Å². The largest absolute Gasteiger partial charge is 0.387 e. The lowest BCUT2D eigenvalue weighted by Gasteiger charge is -2.32. The van der Waals surface area contributed by atoms with Gasteiger partial charge in [0.1, 0.15) is 0 Å². The average molecular weight is 245 g/mol. The van der Waals surface area contributed by atoms with Crippen LogP contribution < -0.4 is 0 Å². The quantitative estimate of drug-likeness (QED) is 0.881. The molecule has 2 aliphatic carbocycles. The molecule has 4 atom stereocenters. The molecule has 3 rings (SSSR count). The van der Waals surface area contributed by atoms with E-state index in [-0.39, 0.29) is 6.10 Å². The van der Waals surface area contributed by atoms with Crippen molar-refractivity contribution >= 4 is 0 Å². The van der Waals surface area contributed by atoms with Crippen LogP contribution in [0.25, 0.3) is 0 Å². The molecule has 98 valence electrons. The zero-order chi connectivity index (χ0) is 12.5. The van der Waals surface area contributed by atoms with Crippen LogP contribution in [0.2, 0.25) is 0 Å². The van der Waals surface area contributed by atoms with Gasteiger partial charge in [-0.3, -0.25) is 0 Å². The highest BCUT2D eigenvalue weighted by molar-refractivity contribution is 5.17. The van der Waals surface area contributed by atoms with Crippen molar-refractivity contribution in [1.29, 1.82) is 0 Å². The number of rotatable bonds is 4. The van der Waals surface area contributed by atoms with Crippen LogP contribution in [0.15, 0.2) is 30.3 Å². The number of likely N-dealkylation sites (N-methyl/N-ethyl adjacent to an activating group) is 1. The van der Waals surface area contributed by atoms with Crippen molar-refractivity contribution < 1.29 is 5.11 Å². The Morgan fingerprint density at radius 1 is 1.22 bits per heavy atom. The molecule has 2 fully saturated rings. The third-order valence-corrected chi connectivity index (χ3v) is 4.91. The van der Waals surface area contributed by atoms with E-state index in [0.29, 0.717) is 6.04 Å². The smallest absolute Gasteiger partial charge is 0.0916 e. The van der Waals surface area contributed by atoms with Gasteiger partial charge in [0.05, 0.1) is 6.10 Å². The van der Waals surface area contributed by atoms with Crippen molar-refractivity contribution in [2.24, 2.45) is 11.8 Å². The van der Waals surface area contributed by atoms with Crippen molar-refractivity contribution in [3.63, 3.8) is 0 Å². The number of nitrogens with zero attached hydrogens (tertiary/aromatic N) is 1. The normalized spacial score (nSPS) is 32.1. The number of hydrogen-bond acceptors (Lipinski definition) is 2. The fourth-order valence-electron chi connectivity index (χ4n) is 3.94. The molecule has 2 heteroatoms. The Hall–Kier alpha value is -0.860. The number of hydrogen-bond donors (Lipinski definition) is 1. The predicted molar refractivity (Wildman–Crippen MR) is 73.3 cm³/mol. The minimum absolute atomic E-state index is 0.352. The van der Waals surface area contributed by atoms with E-state index in [1.54, 1.807) is 0 Å². The first kappa shape index (κ1) is 12.2. The van der Waals surface area contributed by atoms with Crippen LogP contribution in [0.4, 0.5) is 0 Å². The molecular formula is C16H23NO. The summed E-state index contributed by atoms with van der Waals surface area (Å²) >= 11 is 0. The molecule has 0 saturated heterocycles. The maximum absolute atomic E-state index is 10.3. The molecule has 2 bridgehead atoms. The van der Waals surface area contributed by atoms with Crippen LogP contribution in [0, 0.1) is 11.8 Å². The fraction of sp³-hybridized carbons (Fsp3) is 0.625. The van der Waals surface area contributed by atoms with Gasteiger partial charge in [0, 0.05) is 12.6 Å². The van der Waals surface area contributed by atoms with E-state index in [4.69, 9.17) is 0 Å². The number of fused-ring (bicyclic) bond motifs is 2. The van der Waals surface area contributed by atoms with Gasteiger partial charge in [-0.15, -0.1) is 0 Å². The molecule has 0 amide bonds. The maximum Gasteiger partial charge on any atom is 0.0916 e. The van der Waals surface area contributed by atoms with Crippen molar-refractivity contribution in [3.05, 3.63) is 35.9 Å². The number of aliphatic hydroxyl groups excluding tert-OH is 1. The van der Waals surface area contributed by atoms with Gasteiger partial charge in [-0.25, -0.2) is 0 Å². The number of aliphatic hydroxyl groups is 1. The lowest BCUT2D eigenvalue weighted by Crippen LogP contribution is -2.38. The van der Waals surface area contributed by atoms with Gasteiger partial charge in [-0.2, -0.15) is 0 Å². The lowest BCUT2D eigenvalue weighted by molar-refractivity contribution is 0.0853. The predicted octanol–water partition coefficient (Wildman–Crippen LogP) is 2.84. The Labute approximate surface area is 110 Å². The van der Waals surface area contributed by atoms with E-state index >= 15 is 0 Å². The summed E-state index contributed by atoms with van der Waals surface area (Å²) in [6.07, 6.45) is 5.27. The third kappa shape index (κ3) is 2.32. The molecule has 2 aliphatic rings. The SMILES string of the molecule is CN(C[C@H](O)c1ccccc1)[C@@H]1C[C@H]2CC[C@H]1C2. The molecule has 0 spiro atoms. The molecule has 1 N–H and O–H groups in total. The highest BCUT2D eigenvalue weighted by atomic mass is 16.3. The van der Waals surface area contributed by atoms with E-state index in [1.807, 2.05) is 30.3 Å². The first-order chi connectivity index (χ1) is 8.74. The Balaban J connectivity index is 1.59. The van der Waals surface area contributed by atoms with Crippen LogP contribution in [-0.2, 0) is 0 Å². The summed E-state index contributed by atoms with van der Waals surface area (Å²) in [5.74, 6) is 1.86. The zero-order valence-electron chi connectivity index (χ0n) is 11.1. The highest BCUT2D eigenvalue weighted by Crippen LogP contribution is 2.46. The van der Waals surface area contributed by atoms with Crippen LogP contribution >= 0.6 is 0 Å². The molecule has 0 aliphatic heterocycles. The van der Waals surface area contributed by atoms with Gasteiger partial charge in [0.15, 0.2) is 0 Å². The Kier molecular flexibility index (Phi) is 3.40. The Bertz CT molecular complexity index is 391. The van der Waals surface area contributed by atoms with Crippen LogP contribution in [0.1, 0.15) is 37.4 Å². The maximum atomic E-state index is 10.3. The van der Waals surface area contributed by atoms with Gasteiger partial charge >= 0.3 is 0 Å². The monoisotopic (exact) mass is 245 g/mol. The lowest BCUT2D eigenvalue weighted by atomic mass is 9.94. The van der Waals surface area contributed by atoms with Gasteiger partial charge in [0.25, 0.3) is 0 Å². The first-order valence-electron chi connectivity index (χ1n) is 7.17. The summed E-state index contributed by atoms with van der Waals surface area (Å²) in [5.41, 5.74) is 1.03. The second-order valence-electron chi connectivity index (χ2n) is 6.11. The average Bonchev–Trinajstić information content (AvgIpc) is 3.02. The van der Waals surface area contributed by atoms with E-state index in [1.165, 1.54) is 25.7 Å². The van der Waals surface area contributed by atoms with Crippen LogP contribution in [0.5, 0.6) is 0 Å². The van der Waals surface area contributed by atoms with Gasteiger partial charge in [-0.05, 0) is 43.7 Å². The highest BCUT2D eigenvalue weighted by Gasteiger charge is 2.41. The molecule has 0 unspecified atom stereocenters. The summed E-state index contributed by atoms with van der Waals surface area (Å²) in [6, 6.07) is 10.7.